The van der Waals surface area contributed by atoms with Crippen LogP contribution in [0.4, 0.5) is 5.69 Å². The quantitative estimate of drug-likeness (QED) is 0.489. The van der Waals surface area contributed by atoms with Crippen molar-refractivity contribution in [3.63, 3.8) is 0 Å². The van der Waals surface area contributed by atoms with Gasteiger partial charge in [-0.1, -0.05) is 65.7 Å². The van der Waals surface area contributed by atoms with Crippen LogP contribution in [0.2, 0.25) is 10.0 Å². The number of carbonyl (C=O) groups is 1. The van der Waals surface area contributed by atoms with Gasteiger partial charge in [0, 0.05) is 27.7 Å². The zero-order chi connectivity index (χ0) is 23.9. The lowest BCUT2D eigenvalue weighted by Crippen LogP contribution is -3.16. The summed E-state index contributed by atoms with van der Waals surface area (Å²) < 4.78 is 0. The maximum atomic E-state index is 13.0. The maximum Gasteiger partial charge on any atom is 0.275 e. The molecule has 6 heteroatoms. The molecule has 1 aliphatic rings. The van der Waals surface area contributed by atoms with Crippen LogP contribution in [0.3, 0.4) is 0 Å². The molecule has 3 aromatic rings. The van der Waals surface area contributed by atoms with Gasteiger partial charge in [0.05, 0.1) is 26.2 Å². The van der Waals surface area contributed by atoms with Crippen LogP contribution in [0.25, 0.3) is 0 Å². The summed E-state index contributed by atoms with van der Waals surface area (Å²) in [6, 6.07) is 26.3. The fourth-order valence-electron chi connectivity index (χ4n) is 4.70. The molecule has 1 amide bonds. The molecule has 0 aromatic heterocycles. The smallest absolute Gasteiger partial charge is 0.275 e. The van der Waals surface area contributed by atoms with Gasteiger partial charge in [-0.3, -0.25) is 4.79 Å². The molecule has 2 N–H and O–H groups in total. The molecule has 1 saturated heterocycles. The molecular formula is C28H32Cl2N3O+. The van der Waals surface area contributed by atoms with Crippen molar-refractivity contribution in [3.8, 4) is 0 Å². The molecule has 34 heavy (non-hydrogen) atoms. The number of anilines is 1. The average molecular weight is 497 g/mol. The van der Waals surface area contributed by atoms with Crippen molar-refractivity contribution in [3.05, 3.63) is 100 Å². The standard InChI is InChI=1S/C28H31Cl2N3O/c1-21(27(23-9-13-25(30)14-10-23)19-22-7-11-24(29)12-8-22)31-28(34)20-32-15-17-33(18-16-32)26-5-3-2-4-6-26/h2-14,21,27H,15-20H2,1H3,(H,31,34)/p+1/t21-,27+/m1/s1. The number of para-hydroxylation sites is 1. The summed E-state index contributed by atoms with van der Waals surface area (Å²) in [6.45, 7) is 6.44. The molecule has 0 spiro atoms. The van der Waals surface area contributed by atoms with E-state index in [2.05, 4.69) is 65.7 Å². The van der Waals surface area contributed by atoms with E-state index < -0.39 is 0 Å². The molecule has 1 aliphatic heterocycles. The molecule has 1 fully saturated rings. The van der Waals surface area contributed by atoms with Gasteiger partial charge >= 0.3 is 0 Å². The predicted octanol–water partition coefficient (Wildman–Crippen LogP) is 4.23. The van der Waals surface area contributed by atoms with Crippen molar-refractivity contribution in [2.45, 2.75) is 25.3 Å². The highest BCUT2D eigenvalue weighted by Crippen LogP contribution is 2.26. The Kier molecular flexibility index (Phi) is 8.49. The van der Waals surface area contributed by atoms with E-state index in [9.17, 15) is 4.79 Å². The molecule has 0 aliphatic carbocycles. The van der Waals surface area contributed by atoms with Crippen molar-refractivity contribution in [2.24, 2.45) is 0 Å². The Hall–Kier alpha value is -2.53. The minimum absolute atomic E-state index is 0.0191. The topological polar surface area (TPSA) is 36.8 Å². The van der Waals surface area contributed by atoms with Gasteiger partial charge in [0.25, 0.3) is 5.91 Å². The van der Waals surface area contributed by atoms with E-state index >= 15 is 0 Å². The number of amides is 1. The Morgan fingerprint density at radius 2 is 1.50 bits per heavy atom. The highest BCUT2D eigenvalue weighted by atomic mass is 35.5. The van der Waals surface area contributed by atoms with E-state index in [-0.39, 0.29) is 17.9 Å². The third-order valence-corrected chi connectivity index (χ3v) is 7.17. The first-order valence-electron chi connectivity index (χ1n) is 11.9. The lowest BCUT2D eigenvalue weighted by Gasteiger charge is -2.33. The SMILES string of the molecule is C[C@@H](NC(=O)C[NH+]1CCN(c2ccccc2)CC1)[C@H](Cc1ccc(Cl)cc1)c1ccc(Cl)cc1. The molecule has 3 aromatic carbocycles. The van der Waals surface area contributed by atoms with E-state index in [1.807, 2.05) is 30.3 Å². The largest absolute Gasteiger partial charge is 0.360 e. The molecule has 178 valence electrons. The molecule has 0 unspecified atom stereocenters. The second-order valence-electron chi connectivity index (χ2n) is 9.09. The van der Waals surface area contributed by atoms with Crippen LogP contribution in [0.15, 0.2) is 78.9 Å². The van der Waals surface area contributed by atoms with Crippen molar-refractivity contribution >= 4 is 34.8 Å². The van der Waals surface area contributed by atoms with Gasteiger partial charge in [-0.15, -0.1) is 0 Å². The number of piperazine rings is 1. The minimum atomic E-state index is -0.0191. The van der Waals surface area contributed by atoms with Gasteiger partial charge in [-0.05, 0) is 60.9 Å². The van der Waals surface area contributed by atoms with Crippen LogP contribution in [0.5, 0.6) is 0 Å². The number of hydrogen-bond acceptors (Lipinski definition) is 2. The summed E-state index contributed by atoms with van der Waals surface area (Å²) in [5.41, 5.74) is 3.61. The van der Waals surface area contributed by atoms with Crippen LogP contribution in [0, 0.1) is 0 Å². The van der Waals surface area contributed by atoms with E-state index in [0.29, 0.717) is 11.6 Å². The van der Waals surface area contributed by atoms with Gasteiger partial charge in [0.15, 0.2) is 6.54 Å². The first-order valence-corrected chi connectivity index (χ1v) is 12.7. The highest BCUT2D eigenvalue weighted by Gasteiger charge is 2.26. The average Bonchev–Trinajstić information content (AvgIpc) is 2.85. The van der Waals surface area contributed by atoms with E-state index in [4.69, 9.17) is 23.2 Å². The summed E-state index contributed by atoms with van der Waals surface area (Å²) in [5.74, 6) is 0.234. The second-order valence-corrected chi connectivity index (χ2v) is 9.97. The predicted molar refractivity (Wildman–Crippen MR) is 141 cm³/mol. The fourth-order valence-corrected chi connectivity index (χ4v) is 4.95. The molecule has 2 atom stereocenters. The Balaban J connectivity index is 1.35. The number of hydrogen-bond donors (Lipinski definition) is 2. The van der Waals surface area contributed by atoms with Crippen molar-refractivity contribution in [1.82, 2.24) is 5.32 Å². The number of halogens is 2. The third-order valence-electron chi connectivity index (χ3n) is 6.66. The number of nitrogens with one attached hydrogen (secondary N) is 2. The number of benzene rings is 3. The van der Waals surface area contributed by atoms with Crippen LogP contribution in [-0.2, 0) is 11.2 Å². The minimum Gasteiger partial charge on any atom is -0.360 e. The normalized spacial score (nSPS) is 16.1. The van der Waals surface area contributed by atoms with E-state index in [1.54, 1.807) is 0 Å². The van der Waals surface area contributed by atoms with Gasteiger partial charge < -0.3 is 15.1 Å². The first kappa shape index (κ1) is 24.6. The molecule has 0 bridgehead atoms. The fraction of sp³-hybridized carbons (Fsp3) is 0.321. The summed E-state index contributed by atoms with van der Waals surface area (Å²) in [4.78, 5) is 16.7. The lowest BCUT2D eigenvalue weighted by atomic mass is 9.86. The summed E-state index contributed by atoms with van der Waals surface area (Å²) >= 11 is 12.2. The molecule has 4 rings (SSSR count). The van der Waals surface area contributed by atoms with Crippen LogP contribution in [-0.4, -0.2) is 44.7 Å². The number of nitrogens with zero attached hydrogens (tertiary/aromatic N) is 1. The van der Waals surface area contributed by atoms with Crippen molar-refractivity contribution < 1.29 is 9.69 Å². The van der Waals surface area contributed by atoms with Crippen molar-refractivity contribution in [1.29, 1.82) is 0 Å². The number of quaternary nitrogens is 1. The molecular weight excluding hydrogens is 465 g/mol. The molecule has 1 heterocycles. The second kappa shape index (κ2) is 11.7. The van der Waals surface area contributed by atoms with Crippen LogP contribution >= 0.6 is 23.2 Å². The Morgan fingerprint density at radius 3 is 2.12 bits per heavy atom. The third kappa shape index (κ3) is 6.75. The van der Waals surface area contributed by atoms with Crippen LogP contribution in [0.1, 0.15) is 24.0 Å². The lowest BCUT2D eigenvalue weighted by molar-refractivity contribution is -0.892. The monoisotopic (exact) mass is 496 g/mol. The van der Waals surface area contributed by atoms with Crippen LogP contribution < -0.4 is 15.1 Å². The number of rotatable bonds is 8. The Labute approximate surface area is 212 Å². The number of carbonyl (C=O) groups excluding carboxylic acids is 1. The van der Waals surface area contributed by atoms with Gasteiger partial charge in [0.2, 0.25) is 0 Å². The van der Waals surface area contributed by atoms with Gasteiger partial charge in [-0.25, -0.2) is 0 Å². The van der Waals surface area contributed by atoms with Gasteiger partial charge in [0.1, 0.15) is 0 Å². The summed E-state index contributed by atoms with van der Waals surface area (Å²) in [7, 11) is 0. The Bertz CT molecular complexity index is 1050. The first-order chi connectivity index (χ1) is 16.5. The summed E-state index contributed by atoms with van der Waals surface area (Å²) in [5, 5.41) is 4.72. The van der Waals surface area contributed by atoms with E-state index in [1.165, 1.54) is 16.2 Å². The zero-order valence-electron chi connectivity index (χ0n) is 19.5. The van der Waals surface area contributed by atoms with E-state index in [0.717, 1.165) is 43.2 Å². The molecule has 0 radical (unpaired) electrons. The highest BCUT2D eigenvalue weighted by molar-refractivity contribution is 6.30. The summed E-state index contributed by atoms with van der Waals surface area (Å²) in [6.07, 6.45) is 0.808. The molecule has 4 nitrogen and oxygen atoms in total. The van der Waals surface area contributed by atoms with Crippen molar-refractivity contribution in [2.75, 3.05) is 37.6 Å². The molecule has 0 saturated carbocycles. The zero-order valence-corrected chi connectivity index (χ0v) is 21.0. The maximum absolute atomic E-state index is 13.0. The van der Waals surface area contributed by atoms with Gasteiger partial charge in [-0.2, -0.15) is 0 Å². The Morgan fingerprint density at radius 1 is 0.912 bits per heavy atom.